The summed E-state index contributed by atoms with van der Waals surface area (Å²) >= 11 is 0. The zero-order chi connectivity index (χ0) is 6.32. The van der Waals surface area contributed by atoms with Crippen LogP contribution in [0.15, 0.2) is 12.2 Å². The smallest absolute Gasteiger partial charge is 0.00877 e. The summed E-state index contributed by atoms with van der Waals surface area (Å²) in [6, 6.07) is 0. The molecule has 1 spiro atoms. The van der Waals surface area contributed by atoms with Gasteiger partial charge in [-0.2, -0.15) is 0 Å². The van der Waals surface area contributed by atoms with E-state index in [1.165, 1.54) is 38.5 Å². The van der Waals surface area contributed by atoms with Gasteiger partial charge in [0, 0.05) is 0 Å². The fraction of sp³-hybridized carbons (Fsp3) is 0.778. The Morgan fingerprint density at radius 1 is 1.11 bits per heavy atom. The molecule has 0 saturated heterocycles. The monoisotopic (exact) mass is 122 g/mol. The van der Waals surface area contributed by atoms with Gasteiger partial charge in [0.25, 0.3) is 0 Å². The summed E-state index contributed by atoms with van der Waals surface area (Å²) < 4.78 is 0. The number of rotatable bonds is 0. The molecular formula is C9H14. The first-order valence-electron chi connectivity index (χ1n) is 4.02. The lowest BCUT2D eigenvalue weighted by Crippen LogP contribution is -2.28. The quantitative estimate of drug-likeness (QED) is 0.433. The molecule has 0 unspecified atom stereocenters. The average Bonchev–Trinajstić information content (AvgIpc) is 2.34. The summed E-state index contributed by atoms with van der Waals surface area (Å²) in [5.74, 6) is 0. The van der Waals surface area contributed by atoms with E-state index in [4.69, 9.17) is 0 Å². The van der Waals surface area contributed by atoms with Crippen molar-refractivity contribution >= 4 is 0 Å². The van der Waals surface area contributed by atoms with Crippen molar-refractivity contribution in [3.63, 3.8) is 0 Å². The summed E-state index contributed by atoms with van der Waals surface area (Å²) in [6.07, 6.45) is 8.58. The van der Waals surface area contributed by atoms with Gasteiger partial charge in [-0.15, -0.1) is 0 Å². The maximum absolute atomic E-state index is 4.10. The SMILES string of the molecule is C=C1CCC12CCCC2. The molecule has 0 aromatic carbocycles. The highest BCUT2D eigenvalue weighted by atomic mass is 14.5. The summed E-state index contributed by atoms with van der Waals surface area (Å²) in [6.45, 7) is 4.10. The molecule has 2 saturated carbocycles. The minimum absolute atomic E-state index is 0.681. The number of hydrogen-bond donors (Lipinski definition) is 0. The average molecular weight is 122 g/mol. The molecule has 2 rings (SSSR count). The van der Waals surface area contributed by atoms with Crippen LogP contribution in [0.2, 0.25) is 0 Å². The highest BCUT2D eigenvalue weighted by molar-refractivity contribution is 5.21. The van der Waals surface area contributed by atoms with Crippen molar-refractivity contribution < 1.29 is 0 Å². The van der Waals surface area contributed by atoms with Crippen LogP contribution in [0, 0.1) is 5.41 Å². The van der Waals surface area contributed by atoms with Gasteiger partial charge in [0.05, 0.1) is 0 Å². The molecule has 2 aliphatic carbocycles. The van der Waals surface area contributed by atoms with Crippen LogP contribution in [-0.4, -0.2) is 0 Å². The molecule has 2 fully saturated rings. The Morgan fingerprint density at radius 2 is 1.78 bits per heavy atom. The largest absolute Gasteiger partial charge is 0.0993 e. The van der Waals surface area contributed by atoms with Crippen LogP contribution in [0.3, 0.4) is 0 Å². The lowest BCUT2D eigenvalue weighted by atomic mass is 9.64. The van der Waals surface area contributed by atoms with Crippen LogP contribution in [0.25, 0.3) is 0 Å². The van der Waals surface area contributed by atoms with E-state index < -0.39 is 0 Å². The minimum atomic E-state index is 0.681. The maximum Gasteiger partial charge on any atom is -0.00877 e. The normalized spacial score (nSPS) is 30.9. The van der Waals surface area contributed by atoms with E-state index >= 15 is 0 Å². The van der Waals surface area contributed by atoms with Crippen molar-refractivity contribution in [1.29, 1.82) is 0 Å². The first kappa shape index (κ1) is 5.52. The standard InChI is InChI=1S/C9H14/c1-8-4-7-9(8)5-2-3-6-9/h1-7H2. The summed E-state index contributed by atoms with van der Waals surface area (Å²) in [5.41, 5.74) is 2.24. The fourth-order valence-electron chi connectivity index (χ4n) is 2.31. The van der Waals surface area contributed by atoms with Gasteiger partial charge in [-0.25, -0.2) is 0 Å². The molecule has 0 radical (unpaired) electrons. The summed E-state index contributed by atoms with van der Waals surface area (Å²) in [5, 5.41) is 0. The van der Waals surface area contributed by atoms with Gasteiger partial charge in [0.2, 0.25) is 0 Å². The Bertz CT molecular complexity index is 138. The van der Waals surface area contributed by atoms with Crippen molar-refractivity contribution in [2.24, 2.45) is 5.41 Å². The van der Waals surface area contributed by atoms with Gasteiger partial charge in [0.1, 0.15) is 0 Å². The molecule has 0 bridgehead atoms. The third kappa shape index (κ3) is 0.593. The molecule has 0 aromatic heterocycles. The van der Waals surface area contributed by atoms with Crippen LogP contribution in [-0.2, 0) is 0 Å². The van der Waals surface area contributed by atoms with Crippen molar-refractivity contribution in [2.75, 3.05) is 0 Å². The van der Waals surface area contributed by atoms with E-state index in [2.05, 4.69) is 6.58 Å². The predicted molar refractivity (Wildman–Crippen MR) is 39.3 cm³/mol. The molecule has 9 heavy (non-hydrogen) atoms. The Labute approximate surface area is 57.0 Å². The predicted octanol–water partition coefficient (Wildman–Crippen LogP) is 2.90. The molecule has 2 aliphatic rings. The van der Waals surface area contributed by atoms with Gasteiger partial charge in [-0.1, -0.05) is 25.0 Å². The molecule has 0 amide bonds. The van der Waals surface area contributed by atoms with E-state index in [0.29, 0.717) is 5.41 Å². The first-order chi connectivity index (χ1) is 4.33. The van der Waals surface area contributed by atoms with E-state index in [1.807, 2.05) is 0 Å². The third-order valence-electron chi connectivity index (χ3n) is 3.22. The summed E-state index contributed by atoms with van der Waals surface area (Å²) in [4.78, 5) is 0. The molecule has 50 valence electrons. The zero-order valence-corrected chi connectivity index (χ0v) is 5.95. The van der Waals surface area contributed by atoms with E-state index in [0.717, 1.165) is 0 Å². The van der Waals surface area contributed by atoms with E-state index in [-0.39, 0.29) is 0 Å². The third-order valence-corrected chi connectivity index (χ3v) is 3.22. The van der Waals surface area contributed by atoms with E-state index in [1.54, 1.807) is 5.57 Å². The minimum Gasteiger partial charge on any atom is -0.0993 e. The Hall–Kier alpha value is -0.260. The Balaban J connectivity index is 2.14. The van der Waals surface area contributed by atoms with Crippen LogP contribution in [0.4, 0.5) is 0 Å². The van der Waals surface area contributed by atoms with E-state index in [9.17, 15) is 0 Å². The molecule has 0 heteroatoms. The molecular weight excluding hydrogens is 108 g/mol. The van der Waals surface area contributed by atoms with Crippen molar-refractivity contribution in [3.8, 4) is 0 Å². The van der Waals surface area contributed by atoms with Crippen molar-refractivity contribution in [3.05, 3.63) is 12.2 Å². The topological polar surface area (TPSA) is 0 Å². The highest BCUT2D eigenvalue weighted by Crippen LogP contribution is 2.55. The van der Waals surface area contributed by atoms with Gasteiger partial charge < -0.3 is 0 Å². The molecule has 0 heterocycles. The van der Waals surface area contributed by atoms with Gasteiger partial charge in [-0.3, -0.25) is 0 Å². The van der Waals surface area contributed by atoms with Gasteiger partial charge in [-0.05, 0) is 31.1 Å². The fourth-order valence-corrected chi connectivity index (χ4v) is 2.31. The Kier molecular flexibility index (Phi) is 0.992. The zero-order valence-electron chi connectivity index (χ0n) is 5.95. The second kappa shape index (κ2) is 1.62. The lowest BCUT2D eigenvalue weighted by molar-refractivity contribution is 0.250. The van der Waals surface area contributed by atoms with Gasteiger partial charge in [0.15, 0.2) is 0 Å². The van der Waals surface area contributed by atoms with Crippen LogP contribution < -0.4 is 0 Å². The van der Waals surface area contributed by atoms with Crippen LogP contribution in [0.5, 0.6) is 0 Å². The highest BCUT2D eigenvalue weighted by Gasteiger charge is 2.42. The lowest BCUT2D eigenvalue weighted by Gasteiger charge is -2.41. The second-order valence-electron chi connectivity index (χ2n) is 3.59. The number of hydrogen-bond acceptors (Lipinski definition) is 0. The first-order valence-corrected chi connectivity index (χ1v) is 4.02. The second-order valence-corrected chi connectivity index (χ2v) is 3.59. The molecule has 0 nitrogen and oxygen atoms in total. The van der Waals surface area contributed by atoms with Crippen molar-refractivity contribution in [2.45, 2.75) is 38.5 Å². The molecule has 0 aromatic rings. The number of allylic oxidation sites excluding steroid dienone is 1. The van der Waals surface area contributed by atoms with Gasteiger partial charge >= 0.3 is 0 Å². The van der Waals surface area contributed by atoms with Crippen LogP contribution in [0.1, 0.15) is 38.5 Å². The molecule has 0 atom stereocenters. The Morgan fingerprint density at radius 3 is 2.00 bits per heavy atom. The molecule has 0 N–H and O–H groups in total. The maximum atomic E-state index is 4.10. The molecule has 0 aliphatic heterocycles. The summed E-state index contributed by atoms with van der Waals surface area (Å²) in [7, 11) is 0. The van der Waals surface area contributed by atoms with Crippen LogP contribution >= 0.6 is 0 Å². The van der Waals surface area contributed by atoms with Crippen molar-refractivity contribution in [1.82, 2.24) is 0 Å².